The van der Waals surface area contributed by atoms with E-state index in [0.717, 1.165) is 105 Å². The van der Waals surface area contributed by atoms with Gasteiger partial charge in [0.25, 0.3) is 5.56 Å². The zero-order chi connectivity index (χ0) is 52.5. The Bertz CT molecular complexity index is 2550. The van der Waals surface area contributed by atoms with Gasteiger partial charge in [-0.3, -0.25) is 15.2 Å². The molecule has 14 nitrogen and oxygen atoms in total. The van der Waals surface area contributed by atoms with E-state index in [4.69, 9.17) is 21.5 Å². The number of thiazole rings is 1. The lowest BCUT2D eigenvalue weighted by molar-refractivity contribution is -0.108. The summed E-state index contributed by atoms with van der Waals surface area (Å²) in [7, 11) is 4.00. The topological polar surface area (TPSA) is 188 Å². The SMILES string of the molecule is C=O.CC(C)CC=O.CN1CCC(O)C1.CN[C@@H](C)c1ccc(-c2scnc2C)cc1.Cc1cccc2c1c(=O)nc1n2-c2cc(C3CCN(CCCN4CCC(/C(N)=C/NN)CC4)CC3)ccc2C1(C)C. The Hall–Kier alpha value is -5.13. The van der Waals surface area contributed by atoms with Crippen LogP contribution in [0.3, 0.4) is 0 Å². The van der Waals surface area contributed by atoms with Crippen molar-refractivity contribution in [1.29, 1.82) is 0 Å². The number of fused-ring (bicyclic) bond motifs is 5. The minimum absolute atomic E-state index is 0.0509. The maximum absolute atomic E-state index is 13.0. The number of likely N-dealkylation sites (tertiary alicyclic amines) is 3. The molecule has 9 rings (SSSR count). The van der Waals surface area contributed by atoms with Crippen molar-refractivity contribution in [1.82, 2.24) is 40.0 Å². The van der Waals surface area contributed by atoms with Crippen LogP contribution in [0.15, 0.2) is 82.9 Å². The Morgan fingerprint density at radius 1 is 0.944 bits per heavy atom. The van der Waals surface area contributed by atoms with Crippen molar-refractivity contribution in [3.8, 4) is 16.1 Å². The lowest BCUT2D eigenvalue weighted by Gasteiger charge is -2.34. The smallest absolute Gasteiger partial charge is 0.281 e. The Morgan fingerprint density at radius 2 is 1.60 bits per heavy atom. The first-order valence-corrected chi connectivity index (χ1v) is 26.7. The van der Waals surface area contributed by atoms with Crippen LogP contribution in [-0.2, 0) is 15.0 Å². The highest BCUT2D eigenvalue weighted by molar-refractivity contribution is 7.13. The molecule has 0 aliphatic carbocycles. The normalized spacial score (nSPS) is 18.6. The highest BCUT2D eigenvalue weighted by Crippen LogP contribution is 2.44. The van der Waals surface area contributed by atoms with Gasteiger partial charge in [0, 0.05) is 43.4 Å². The van der Waals surface area contributed by atoms with Crippen LogP contribution in [0.5, 0.6) is 0 Å². The van der Waals surface area contributed by atoms with Gasteiger partial charge >= 0.3 is 0 Å². The van der Waals surface area contributed by atoms with Crippen molar-refractivity contribution < 1.29 is 14.7 Å². The maximum Gasteiger partial charge on any atom is 0.281 e. The molecule has 0 saturated carbocycles. The van der Waals surface area contributed by atoms with E-state index < -0.39 is 0 Å². The summed E-state index contributed by atoms with van der Waals surface area (Å²) in [6.07, 6.45) is 10.1. The van der Waals surface area contributed by atoms with Crippen molar-refractivity contribution >= 4 is 35.3 Å². The second-order valence-electron chi connectivity index (χ2n) is 20.7. The number of piperidine rings is 2. The summed E-state index contributed by atoms with van der Waals surface area (Å²) in [5, 5.41) is 12.8. The fraction of sp³-hybridized carbons (Fsp3) is 0.526. The third kappa shape index (κ3) is 15.0. The summed E-state index contributed by atoms with van der Waals surface area (Å²) in [5.74, 6) is 7.77. The number of aliphatic hydroxyl groups is 1. The lowest BCUT2D eigenvalue weighted by atomic mass is 9.83. The molecule has 5 aromatic rings. The highest BCUT2D eigenvalue weighted by atomic mass is 32.1. The molecule has 3 saturated heterocycles. The van der Waals surface area contributed by atoms with Crippen LogP contribution in [0, 0.1) is 25.7 Å². The number of carbonyl (C=O) groups is 2. The molecule has 392 valence electrons. The maximum atomic E-state index is 13.0. The largest absolute Gasteiger partial charge is 0.401 e. The van der Waals surface area contributed by atoms with Crippen LogP contribution in [0.25, 0.3) is 27.0 Å². The van der Waals surface area contributed by atoms with E-state index in [1.54, 1.807) is 17.5 Å². The number of hydrazine groups is 1. The second-order valence-corrected chi connectivity index (χ2v) is 21.6. The number of aldehydes is 1. The van der Waals surface area contributed by atoms with Crippen LogP contribution in [0.4, 0.5) is 0 Å². The first kappa shape index (κ1) is 57.8. The molecule has 0 bridgehead atoms. The summed E-state index contributed by atoms with van der Waals surface area (Å²) in [4.78, 5) is 48.2. The molecule has 6 heterocycles. The van der Waals surface area contributed by atoms with Gasteiger partial charge in [-0.1, -0.05) is 62.4 Å². The van der Waals surface area contributed by atoms with E-state index in [9.17, 15) is 9.59 Å². The van der Waals surface area contributed by atoms with Crippen LogP contribution in [0.1, 0.15) is 125 Å². The molecule has 72 heavy (non-hydrogen) atoms. The van der Waals surface area contributed by atoms with Gasteiger partial charge < -0.3 is 45.9 Å². The molecule has 1 unspecified atom stereocenters. The number of nitrogens with two attached hydrogens (primary N) is 2. The van der Waals surface area contributed by atoms with Crippen molar-refractivity contribution in [2.45, 2.75) is 117 Å². The monoisotopic (exact) mass is 1000 g/mol. The molecule has 0 amide bonds. The van der Waals surface area contributed by atoms with Crippen molar-refractivity contribution in [3.63, 3.8) is 0 Å². The molecule has 15 heteroatoms. The second kappa shape index (κ2) is 27.8. The number of nitrogens with one attached hydrogen (secondary N) is 2. The summed E-state index contributed by atoms with van der Waals surface area (Å²) >= 11 is 1.70. The first-order chi connectivity index (χ1) is 34.6. The van der Waals surface area contributed by atoms with E-state index in [1.807, 2.05) is 59.3 Å². The van der Waals surface area contributed by atoms with Gasteiger partial charge in [0.15, 0.2) is 0 Å². The summed E-state index contributed by atoms with van der Waals surface area (Å²) in [6, 6.07) is 22.2. The van der Waals surface area contributed by atoms with Crippen LogP contribution >= 0.6 is 11.3 Å². The van der Waals surface area contributed by atoms with Crippen LogP contribution in [0.2, 0.25) is 0 Å². The average molecular weight is 1010 g/mol. The molecule has 2 atom stereocenters. The molecule has 0 radical (unpaired) electrons. The lowest BCUT2D eigenvalue weighted by Crippen LogP contribution is -2.39. The number of hydrogen-bond donors (Lipinski definition) is 5. The van der Waals surface area contributed by atoms with Crippen LogP contribution in [-0.4, -0.2) is 120 Å². The number of carbonyl (C=O) groups excluding carboxylic acids is 2. The first-order valence-electron chi connectivity index (χ1n) is 25.9. The van der Waals surface area contributed by atoms with Gasteiger partial charge in [0.1, 0.15) is 18.9 Å². The summed E-state index contributed by atoms with van der Waals surface area (Å²) in [6.45, 7) is 25.4. The summed E-state index contributed by atoms with van der Waals surface area (Å²) < 4.78 is 2.25. The number of benzene rings is 3. The van der Waals surface area contributed by atoms with Gasteiger partial charge in [-0.2, -0.15) is 4.98 Å². The fourth-order valence-electron chi connectivity index (χ4n) is 10.2. The Kier molecular flexibility index (Phi) is 22.3. The molecule has 7 N–H and O–H groups in total. The molecule has 3 fully saturated rings. The zero-order valence-electron chi connectivity index (χ0n) is 44.6. The van der Waals surface area contributed by atoms with Gasteiger partial charge in [-0.25, -0.2) is 4.98 Å². The molecule has 2 aromatic heterocycles. The highest BCUT2D eigenvalue weighted by Gasteiger charge is 2.39. The number of allylic oxidation sites excluding steroid dienone is 1. The standard InChI is InChI=1S/C33H45N7O.C13H16N2S.C5H11NO.C5H10O.CH2O/c1-22-6-4-7-28-30(22)31(41)37-32-33(2,3)26-9-8-25(20-29(26)40(28)32)23-10-16-38(17-11-23)14-5-15-39-18-12-24(13-19-39)27(34)21-36-35;1-9(14-3)11-4-6-12(7-5-11)13-10(2)15-8-16-13;1-6-3-2-5(7)4-6;1-5(2)3-4-6;1-2/h4,6-9,20-21,23-24,36H,5,10-19,34-35H2,1-3H3;4-9,14H,1-3H3;5,7H,2-4H2,1H3;4-5H,3H2,1-2H3;1H2/b27-21-;;;;/t;9-;;;/m.0.../s1. The molecule has 4 aliphatic heterocycles. The quantitative estimate of drug-likeness (QED) is 0.0460. The van der Waals surface area contributed by atoms with Gasteiger partial charge in [0.05, 0.1) is 44.2 Å². The van der Waals surface area contributed by atoms with E-state index >= 15 is 0 Å². The van der Waals surface area contributed by atoms with Crippen molar-refractivity contribution in [3.05, 3.63) is 122 Å². The molecule has 3 aromatic carbocycles. The Balaban J connectivity index is 0.000000251. The number of aliphatic hydroxyl groups excluding tert-OH is 1. The molecule has 0 spiro atoms. The van der Waals surface area contributed by atoms with Gasteiger partial charge in [0.2, 0.25) is 0 Å². The molecular formula is C57H84N10O4S. The number of aryl methyl sites for hydroxylation is 2. The summed E-state index contributed by atoms with van der Waals surface area (Å²) in [5.41, 5.74) is 20.5. The number of rotatable bonds is 12. The Morgan fingerprint density at radius 3 is 2.11 bits per heavy atom. The van der Waals surface area contributed by atoms with E-state index in [0.29, 0.717) is 30.2 Å². The minimum Gasteiger partial charge on any atom is -0.401 e. The predicted molar refractivity (Wildman–Crippen MR) is 297 cm³/mol. The third-order valence-electron chi connectivity index (χ3n) is 14.7. The fourth-order valence-corrected chi connectivity index (χ4v) is 11.0. The number of β-amino-alcohol motifs (C(OH)–C–C–N with tert-alkyl or cyclic N) is 1. The number of hydrogen-bond acceptors (Lipinski definition) is 14. The van der Waals surface area contributed by atoms with Gasteiger partial charge in [-0.05, 0) is 178 Å². The predicted octanol–water partition coefficient (Wildman–Crippen LogP) is 8.01. The van der Waals surface area contributed by atoms with E-state index in [2.05, 4.69) is 116 Å². The Labute approximate surface area is 433 Å². The van der Waals surface area contributed by atoms with E-state index in [-0.39, 0.29) is 17.1 Å². The minimum atomic E-state index is -0.311. The van der Waals surface area contributed by atoms with Crippen molar-refractivity contribution in [2.24, 2.45) is 23.4 Å². The number of likely N-dealkylation sites (N-methyl/N-ethyl adjacent to an activating group) is 1. The van der Waals surface area contributed by atoms with Gasteiger partial charge in [-0.15, -0.1) is 11.3 Å². The molecular weight excluding hydrogens is 921 g/mol. The third-order valence-corrected chi connectivity index (χ3v) is 15.7. The number of nitrogens with zero attached hydrogens (tertiary/aromatic N) is 6. The zero-order valence-corrected chi connectivity index (χ0v) is 45.4. The van der Waals surface area contributed by atoms with Crippen LogP contribution < -0.4 is 27.9 Å². The average Bonchev–Trinajstić information content (AvgIpc) is 4.06. The van der Waals surface area contributed by atoms with E-state index in [1.165, 1.54) is 58.6 Å². The van der Waals surface area contributed by atoms with Crippen molar-refractivity contribution in [2.75, 3.05) is 66.5 Å². The number of aromatic nitrogens is 3. The molecule has 4 aliphatic rings.